The molecule has 4 heteroatoms. The molecule has 0 heterocycles. The molecule has 0 saturated carbocycles. The summed E-state index contributed by atoms with van der Waals surface area (Å²) in [6.07, 6.45) is 12.8. The van der Waals surface area contributed by atoms with Gasteiger partial charge in [0, 0.05) is 0 Å². The van der Waals surface area contributed by atoms with Crippen molar-refractivity contribution in [2.45, 2.75) is 97.8 Å². The number of carbonyl (C=O) groups excluding carboxylic acids is 2. The Labute approximate surface area is 148 Å². The molecule has 0 spiro atoms. The molecule has 0 unspecified atom stereocenters. The zero-order valence-corrected chi connectivity index (χ0v) is 16.1. The summed E-state index contributed by atoms with van der Waals surface area (Å²) in [5, 5.41) is 0. The number of rotatable bonds is 16. The molecule has 0 rings (SSSR count). The first-order valence-corrected chi connectivity index (χ1v) is 9.87. The van der Waals surface area contributed by atoms with Gasteiger partial charge in [0.1, 0.15) is 0 Å². The van der Waals surface area contributed by atoms with Crippen molar-refractivity contribution in [2.24, 2.45) is 5.92 Å². The fourth-order valence-electron chi connectivity index (χ4n) is 2.38. The third-order valence-corrected chi connectivity index (χ3v) is 3.87. The van der Waals surface area contributed by atoms with Crippen LogP contribution in [0.15, 0.2) is 0 Å². The van der Waals surface area contributed by atoms with E-state index in [0.29, 0.717) is 19.1 Å². The zero-order chi connectivity index (χ0) is 18.0. The second-order valence-corrected chi connectivity index (χ2v) is 6.98. The summed E-state index contributed by atoms with van der Waals surface area (Å²) in [4.78, 5) is 22.9. The maximum atomic E-state index is 11.5. The SMILES string of the molecule is CCCCCCCCCCCCOC(=O)CCC(=O)OCC(C)C. The summed E-state index contributed by atoms with van der Waals surface area (Å²) in [5.74, 6) is -0.302. The molecule has 4 nitrogen and oxygen atoms in total. The van der Waals surface area contributed by atoms with Gasteiger partial charge in [0.05, 0.1) is 26.1 Å². The van der Waals surface area contributed by atoms with E-state index in [1.54, 1.807) is 0 Å². The van der Waals surface area contributed by atoms with Crippen LogP contribution in [-0.4, -0.2) is 25.2 Å². The molecule has 0 aromatic heterocycles. The van der Waals surface area contributed by atoms with Crippen molar-refractivity contribution in [1.82, 2.24) is 0 Å². The van der Waals surface area contributed by atoms with Crippen molar-refractivity contribution >= 4 is 11.9 Å². The van der Waals surface area contributed by atoms with Crippen LogP contribution < -0.4 is 0 Å². The highest BCUT2D eigenvalue weighted by Gasteiger charge is 2.09. The molecule has 0 aromatic rings. The molecule has 0 aliphatic rings. The summed E-state index contributed by atoms with van der Waals surface area (Å²) in [6, 6.07) is 0. The van der Waals surface area contributed by atoms with Crippen molar-refractivity contribution in [1.29, 1.82) is 0 Å². The first-order chi connectivity index (χ1) is 11.6. The third-order valence-electron chi connectivity index (χ3n) is 3.87. The Bertz CT molecular complexity index is 313. The molecular weight excluding hydrogens is 304 g/mol. The lowest BCUT2D eigenvalue weighted by molar-refractivity contribution is -0.151. The molecule has 0 radical (unpaired) electrons. The highest BCUT2D eigenvalue weighted by molar-refractivity contribution is 5.77. The van der Waals surface area contributed by atoms with Crippen molar-refractivity contribution in [3.8, 4) is 0 Å². The van der Waals surface area contributed by atoms with Crippen LogP contribution in [0.3, 0.4) is 0 Å². The number of unbranched alkanes of at least 4 members (excludes halogenated alkanes) is 9. The van der Waals surface area contributed by atoms with E-state index in [1.807, 2.05) is 13.8 Å². The molecule has 0 bridgehead atoms. The van der Waals surface area contributed by atoms with Gasteiger partial charge in [-0.05, 0) is 12.3 Å². The van der Waals surface area contributed by atoms with Crippen LogP contribution >= 0.6 is 0 Å². The van der Waals surface area contributed by atoms with E-state index in [-0.39, 0.29) is 24.8 Å². The molecule has 0 saturated heterocycles. The van der Waals surface area contributed by atoms with Gasteiger partial charge in [-0.15, -0.1) is 0 Å². The molecule has 0 aliphatic heterocycles. The number of hydrogen-bond donors (Lipinski definition) is 0. The second kappa shape index (κ2) is 16.8. The van der Waals surface area contributed by atoms with Crippen LogP contribution in [-0.2, 0) is 19.1 Å². The van der Waals surface area contributed by atoms with E-state index in [4.69, 9.17) is 9.47 Å². The maximum Gasteiger partial charge on any atom is 0.306 e. The molecule has 0 atom stereocenters. The Morgan fingerprint density at radius 2 is 1.17 bits per heavy atom. The topological polar surface area (TPSA) is 52.6 Å². The van der Waals surface area contributed by atoms with Gasteiger partial charge in [0.15, 0.2) is 0 Å². The smallest absolute Gasteiger partial charge is 0.306 e. The molecule has 142 valence electrons. The van der Waals surface area contributed by atoms with Crippen LogP contribution in [0.5, 0.6) is 0 Å². The minimum atomic E-state index is -0.320. The molecule has 24 heavy (non-hydrogen) atoms. The predicted octanol–water partition coefficient (Wildman–Crippen LogP) is 5.43. The lowest BCUT2D eigenvalue weighted by Gasteiger charge is -2.07. The normalized spacial score (nSPS) is 10.8. The Balaban J connectivity index is 3.30. The quantitative estimate of drug-likeness (QED) is 0.277. The first-order valence-electron chi connectivity index (χ1n) is 9.87. The van der Waals surface area contributed by atoms with Gasteiger partial charge in [-0.25, -0.2) is 0 Å². The van der Waals surface area contributed by atoms with Gasteiger partial charge in [-0.1, -0.05) is 78.6 Å². The third kappa shape index (κ3) is 17.3. The van der Waals surface area contributed by atoms with E-state index in [9.17, 15) is 9.59 Å². The lowest BCUT2D eigenvalue weighted by Crippen LogP contribution is -2.13. The maximum absolute atomic E-state index is 11.5. The number of hydrogen-bond acceptors (Lipinski definition) is 4. The highest BCUT2D eigenvalue weighted by Crippen LogP contribution is 2.10. The minimum Gasteiger partial charge on any atom is -0.466 e. The fourth-order valence-corrected chi connectivity index (χ4v) is 2.38. The van der Waals surface area contributed by atoms with Gasteiger partial charge >= 0.3 is 11.9 Å². The number of carbonyl (C=O) groups is 2. The average Bonchev–Trinajstić information content (AvgIpc) is 2.56. The Morgan fingerprint density at radius 1 is 0.708 bits per heavy atom. The van der Waals surface area contributed by atoms with Gasteiger partial charge in [0.2, 0.25) is 0 Å². The van der Waals surface area contributed by atoms with Crippen molar-refractivity contribution < 1.29 is 19.1 Å². The Kier molecular flexibility index (Phi) is 16.0. The summed E-state index contributed by atoms with van der Waals surface area (Å²) in [6.45, 7) is 7.08. The zero-order valence-electron chi connectivity index (χ0n) is 16.1. The lowest BCUT2D eigenvalue weighted by atomic mass is 10.1. The molecule has 0 fully saturated rings. The first kappa shape index (κ1) is 22.9. The summed E-state index contributed by atoms with van der Waals surface area (Å²) < 4.78 is 10.2. The Hall–Kier alpha value is -1.06. The van der Waals surface area contributed by atoms with E-state index in [2.05, 4.69) is 6.92 Å². The fraction of sp³-hybridized carbons (Fsp3) is 0.900. The second-order valence-electron chi connectivity index (χ2n) is 6.98. The van der Waals surface area contributed by atoms with E-state index in [0.717, 1.165) is 12.8 Å². The molecule has 0 N–H and O–H groups in total. The number of ether oxygens (including phenoxy) is 2. The number of esters is 2. The monoisotopic (exact) mass is 342 g/mol. The van der Waals surface area contributed by atoms with Crippen molar-refractivity contribution in [2.75, 3.05) is 13.2 Å². The van der Waals surface area contributed by atoms with Crippen LogP contribution in [0.25, 0.3) is 0 Å². The average molecular weight is 343 g/mol. The molecule has 0 aliphatic carbocycles. The molecule has 0 amide bonds. The van der Waals surface area contributed by atoms with E-state index in [1.165, 1.54) is 51.4 Å². The molecule has 0 aromatic carbocycles. The summed E-state index contributed by atoms with van der Waals surface area (Å²) in [5.41, 5.74) is 0. The van der Waals surface area contributed by atoms with Crippen LogP contribution in [0, 0.1) is 5.92 Å². The summed E-state index contributed by atoms with van der Waals surface area (Å²) in [7, 11) is 0. The minimum absolute atomic E-state index is 0.115. The highest BCUT2D eigenvalue weighted by atomic mass is 16.5. The van der Waals surface area contributed by atoms with Gasteiger partial charge in [0.25, 0.3) is 0 Å². The standard InChI is InChI=1S/C20H38O4/c1-4-5-6-7-8-9-10-11-12-13-16-23-19(21)14-15-20(22)24-17-18(2)3/h18H,4-17H2,1-3H3. The Morgan fingerprint density at radius 3 is 1.67 bits per heavy atom. The predicted molar refractivity (Wildman–Crippen MR) is 97.8 cm³/mol. The van der Waals surface area contributed by atoms with E-state index < -0.39 is 0 Å². The van der Waals surface area contributed by atoms with Gasteiger partial charge in [-0.3, -0.25) is 9.59 Å². The van der Waals surface area contributed by atoms with Crippen LogP contribution in [0.4, 0.5) is 0 Å². The van der Waals surface area contributed by atoms with Crippen LogP contribution in [0.1, 0.15) is 97.8 Å². The van der Waals surface area contributed by atoms with Crippen molar-refractivity contribution in [3.05, 3.63) is 0 Å². The van der Waals surface area contributed by atoms with Gasteiger partial charge < -0.3 is 9.47 Å². The van der Waals surface area contributed by atoms with E-state index >= 15 is 0 Å². The van der Waals surface area contributed by atoms with Gasteiger partial charge in [-0.2, -0.15) is 0 Å². The van der Waals surface area contributed by atoms with Crippen molar-refractivity contribution in [3.63, 3.8) is 0 Å². The van der Waals surface area contributed by atoms with Crippen LogP contribution in [0.2, 0.25) is 0 Å². The molecular formula is C20H38O4. The largest absolute Gasteiger partial charge is 0.466 e. The summed E-state index contributed by atoms with van der Waals surface area (Å²) >= 11 is 0.